The van der Waals surface area contributed by atoms with E-state index in [1.165, 1.54) is 0 Å². The number of amides is 2. The molecule has 0 atom stereocenters. The molecule has 0 aromatic heterocycles. The van der Waals surface area contributed by atoms with Gasteiger partial charge in [0.1, 0.15) is 5.84 Å². The Bertz CT molecular complexity index is 1130. The zero-order chi connectivity index (χ0) is 22.7. The normalized spacial score (nSPS) is 18.0. The van der Waals surface area contributed by atoms with E-state index in [9.17, 15) is 9.59 Å². The van der Waals surface area contributed by atoms with E-state index < -0.39 is 5.54 Å². The molecule has 0 saturated carbocycles. The molecule has 1 saturated heterocycles. The Hall–Kier alpha value is -3.77. The van der Waals surface area contributed by atoms with Gasteiger partial charge in [0.25, 0.3) is 5.91 Å². The van der Waals surface area contributed by atoms with Gasteiger partial charge in [0.05, 0.1) is 0 Å². The number of benzene rings is 3. The van der Waals surface area contributed by atoms with E-state index in [0.29, 0.717) is 5.84 Å². The van der Waals surface area contributed by atoms with Crippen LogP contribution in [0.2, 0.25) is 0 Å². The van der Waals surface area contributed by atoms with Crippen LogP contribution < -0.4 is 5.32 Å². The van der Waals surface area contributed by atoms with Crippen LogP contribution >= 0.6 is 0 Å². The molecule has 0 aliphatic carbocycles. The summed E-state index contributed by atoms with van der Waals surface area (Å²) >= 11 is 0. The fourth-order valence-corrected chi connectivity index (χ4v) is 4.60. The Morgan fingerprint density at radius 1 is 0.848 bits per heavy atom. The summed E-state index contributed by atoms with van der Waals surface area (Å²) in [5, 5.41) is 3.05. The highest BCUT2D eigenvalue weighted by molar-refractivity contribution is 6.16. The van der Waals surface area contributed by atoms with Crippen LogP contribution in [0.15, 0.2) is 89.9 Å². The monoisotopic (exact) mass is 438 g/mol. The minimum absolute atomic E-state index is 0.148. The summed E-state index contributed by atoms with van der Waals surface area (Å²) in [6, 6.07) is 27.6. The molecule has 3 aromatic rings. The van der Waals surface area contributed by atoms with Crippen molar-refractivity contribution in [2.24, 2.45) is 4.99 Å². The zero-order valence-corrected chi connectivity index (χ0v) is 18.4. The van der Waals surface area contributed by atoms with Crippen molar-refractivity contribution in [2.45, 2.75) is 12.1 Å². The van der Waals surface area contributed by atoms with Crippen LogP contribution in [0.1, 0.15) is 22.3 Å². The van der Waals surface area contributed by atoms with Gasteiger partial charge in [0.2, 0.25) is 6.41 Å². The van der Waals surface area contributed by atoms with E-state index in [-0.39, 0.29) is 5.91 Å². The largest absolute Gasteiger partial charge is 0.343 e. The third-order valence-electron chi connectivity index (χ3n) is 6.39. The van der Waals surface area contributed by atoms with Crippen LogP contribution in [0.3, 0.4) is 0 Å². The number of piperazine rings is 1. The van der Waals surface area contributed by atoms with E-state index in [1.807, 2.05) is 77.7 Å². The summed E-state index contributed by atoms with van der Waals surface area (Å²) in [6.07, 6.45) is 0.921. The molecule has 0 unspecified atom stereocenters. The fraction of sp³-hybridized carbons (Fsp3) is 0.222. The summed E-state index contributed by atoms with van der Waals surface area (Å²) in [4.78, 5) is 33.6. The van der Waals surface area contributed by atoms with Gasteiger partial charge in [-0.05, 0) is 22.8 Å². The van der Waals surface area contributed by atoms with Crippen LogP contribution in [0.25, 0.3) is 0 Å². The van der Waals surface area contributed by atoms with Gasteiger partial charge in [0.15, 0.2) is 5.54 Å². The minimum Gasteiger partial charge on any atom is -0.343 e. The van der Waals surface area contributed by atoms with Crippen molar-refractivity contribution in [2.75, 3.05) is 26.2 Å². The van der Waals surface area contributed by atoms with Crippen LogP contribution in [-0.2, 0) is 21.7 Å². The first-order chi connectivity index (χ1) is 16.2. The van der Waals surface area contributed by atoms with E-state index >= 15 is 0 Å². The van der Waals surface area contributed by atoms with Gasteiger partial charge in [-0.3, -0.25) is 14.5 Å². The van der Waals surface area contributed by atoms with Gasteiger partial charge in [0, 0.05) is 38.3 Å². The summed E-state index contributed by atoms with van der Waals surface area (Å²) in [7, 11) is 0. The van der Waals surface area contributed by atoms with Crippen LogP contribution in [0.5, 0.6) is 0 Å². The van der Waals surface area contributed by atoms with Crippen LogP contribution in [0.4, 0.5) is 0 Å². The molecule has 0 radical (unpaired) electrons. The first kappa shape index (κ1) is 21.1. The Morgan fingerprint density at radius 2 is 1.48 bits per heavy atom. The van der Waals surface area contributed by atoms with Crippen molar-refractivity contribution in [1.29, 1.82) is 0 Å². The van der Waals surface area contributed by atoms with Gasteiger partial charge in [-0.25, -0.2) is 4.99 Å². The fourth-order valence-electron chi connectivity index (χ4n) is 4.60. The predicted octanol–water partition coefficient (Wildman–Crippen LogP) is 2.78. The van der Waals surface area contributed by atoms with Crippen molar-refractivity contribution < 1.29 is 9.59 Å². The summed E-state index contributed by atoms with van der Waals surface area (Å²) in [5.41, 5.74) is 2.61. The average Bonchev–Trinajstić information content (AvgIpc) is 3.24. The highest BCUT2D eigenvalue weighted by Crippen LogP contribution is 2.37. The lowest BCUT2D eigenvalue weighted by Gasteiger charge is -2.32. The molecular weight excluding hydrogens is 412 g/mol. The third kappa shape index (κ3) is 4.05. The molecule has 166 valence electrons. The second-order valence-electron chi connectivity index (χ2n) is 8.47. The number of carbonyl (C=O) groups excluding carboxylic acids is 2. The first-order valence-electron chi connectivity index (χ1n) is 11.2. The molecule has 2 amide bonds. The van der Waals surface area contributed by atoms with Crippen LogP contribution in [-0.4, -0.2) is 54.1 Å². The number of amidine groups is 1. The molecule has 1 fully saturated rings. The van der Waals surface area contributed by atoms with Crippen molar-refractivity contribution >= 4 is 18.2 Å². The molecule has 3 aromatic carbocycles. The first-order valence-corrected chi connectivity index (χ1v) is 11.2. The number of nitrogens with zero attached hydrogens (tertiary/aromatic N) is 3. The summed E-state index contributed by atoms with van der Waals surface area (Å²) in [6.45, 7) is 4.01. The van der Waals surface area contributed by atoms with E-state index in [1.54, 1.807) is 0 Å². The molecule has 0 spiro atoms. The van der Waals surface area contributed by atoms with E-state index in [4.69, 9.17) is 4.99 Å². The molecule has 6 nitrogen and oxygen atoms in total. The molecule has 6 heteroatoms. The van der Waals surface area contributed by atoms with Crippen molar-refractivity contribution in [3.05, 3.63) is 107 Å². The Balaban J connectivity index is 1.47. The van der Waals surface area contributed by atoms with Gasteiger partial charge in [-0.15, -0.1) is 0 Å². The van der Waals surface area contributed by atoms with E-state index in [2.05, 4.69) is 22.3 Å². The lowest BCUT2D eigenvalue weighted by Crippen LogP contribution is -2.45. The van der Waals surface area contributed by atoms with Crippen molar-refractivity contribution in [3.63, 3.8) is 0 Å². The molecule has 1 N–H and O–H groups in total. The van der Waals surface area contributed by atoms with Crippen molar-refractivity contribution in [1.82, 2.24) is 15.1 Å². The summed E-state index contributed by atoms with van der Waals surface area (Å²) < 4.78 is 0. The number of hydrogen-bond acceptors (Lipinski definition) is 4. The Kier molecular flexibility index (Phi) is 5.75. The van der Waals surface area contributed by atoms with E-state index in [0.717, 1.165) is 61.4 Å². The van der Waals surface area contributed by atoms with Gasteiger partial charge in [-0.2, -0.15) is 0 Å². The van der Waals surface area contributed by atoms with Crippen LogP contribution in [0, 0.1) is 0 Å². The number of rotatable bonds is 6. The lowest BCUT2D eigenvalue weighted by atomic mass is 9.83. The lowest BCUT2D eigenvalue weighted by molar-refractivity contribution is -0.122. The quantitative estimate of drug-likeness (QED) is 0.602. The Labute approximate surface area is 193 Å². The number of carbonyl (C=O) groups is 2. The summed E-state index contributed by atoms with van der Waals surface area (Å²) in [5.74, 6) is 0.436. The standard InChI is InChI=1S/C27H26N4O2/c32-20-31-16-14-30(15-17-31)19-21-8-7-9-22(18-21)25-28-26(33)27(29-25,23-10-3-1-4-11-23)24-12-5-2-6-13-24/h1-13,18,20H,14-17,19H2,(H,28,29,33). The highest BCUT2D eigenvalue weighted by Gasteiger charge is 2.46. The van der Waals surface area contributed by atoms with Gasteiger partial charge < -0.3 is 10.2 Å². The molecule has 5 rings (SSSR count). The molecule has 2 aliphatic rings. The number of nitrogens with one attached hydrogen (secondary N) is 1. The molecular formula is C27H26N4O2. The maximum Gasteiger partial charge on any atom is 0.262 e. The number of hydrogen-bond donors (Lipinski definition) is 1. The SMILES string of the molecule is O=CN1CCN(Cc2cccc(C3=NC(c4ccccc4)(c4ccccc4)C(=O)N3)c2)CC1. The molecule has 0 bridgehead atoms. The maximum atomic E-state index is 13.5. The maximum absolute atomic E-state index is 13.5. The smallest absolute Gasteiger partial charge is 0.262 e. The predicted molar refractivity (Wildman–Crippen MR) is 128 cm³/mol. The number of aliphatic imine (C=N–C) groups is 1. The van der Waals surface area contributed by atoms with Crippen molar-refractivity contribution in [3.8, 4) is 0 Å². The van der Waals surface area contributed by atoms with Gasteiger partial charge >= 0.3 is 0 Å². The second-order valence-corrected chi connectivity index (χ2v) is 8.47. The molecule has 2 aliphatic heterocycles. The molecule has 2 heterocycles. The third-order valence-corrected chi connectivity index (χ3v) is 6.39. The average molecular weight is 439 g/mol. The minimum atomic E-state index is -1.11. The zero-order valence-electron chi connectivity index (χ0n) is 18.4. The Morgan fingerprint density at radius 3 is 2.09 bits per heavy atom. The topological polar surface area (TPSA) is 65.0 Å². The van der Waals surface area contributed by atoms with Gasteiger partial charge in [-0.1, -0.05) is 78.9 Å². The highest BCUT2D eigenvalue weighted by atomic mass is 16.2. The second kappa shape index (κ2) is 9.00. The molecule has 33 heavy (non-hydrogen) atoms.